The number of halogens is 2. The number of nitrogens with one attached hydrogen (secondary N) is 3. The van der Waals surface area contributed by atoms with Crippen molar-refractivity contribution in [3.05, 3.63) is 34.2 Å². The Morgan fingerprint density at radius 1 is 1.39 bits per heavy atom. The molecule has 0 aromatic carbocycles. The highest BCUT2D eigenvalue weighted by Crippen LogP contribution is 2.04. The van der Waals surface area contributed by atoms with Gasteiger partial charge in [-0.3, -0.25) is 9.59 Å². The molecule has 0 radical (unpaired) electrons. The number of carbonyl (C=O) groups is 1. The second-order valence-corrected chi connectivity index (χ2v) is 3.93. The Morgan fingerprint density at radius 3 is 2.72 bits per heavy atom. The number of hydrogen-bond donors (Lipinski definition) is 3. The lowest BCUT2D eigenvalue weighted by atomic mass is 10.2. The molecule has 0 spiro atoms. The van der Waals surface area contributed by atoms with E-state index < -0.39 is 0 Å². The first-order valence-electron chi connectivity index (χ1n) is 5.44. The molecule has 0 saturated carbocycles. The van der Waals surface area contributed by atoms with Crippen LogP contribution in [-0.2, 0) is 11.3 Å². The zero-order valence-corrected chi connectivity index (χ0v) is 11.4. The molecule has 1 aliphatic rings. The van der Waals surface area contributed by atoms with E-state index in [2.05, 4.69) is 15.6 Å². The van der Waals surface area contributed by atoms with E-state index in [9.17, 15) is 9.59 Å². The standard InChI is InChI=1S/C11H15N3O2.2ClH/c15-10-4-3-8(6-13-10)7-14-11(16)9-2-1-5-12-9;;/h3-4,6,9,12H,1-2,5,7H2,(H,13,15)(H,14,16);2*1H/t9-;;/m0../s1. The molecule has 1 aromatic rings. The summed E-state index contributed by atoms with van der Waals surface area (Å²) < 4.78 is 0. The number of H-pyrrole nitrogens is 1. The monoisotopic (exact) mass is 293 g/mol. The highest BCUT2D eigenvalue weighted by Gasteiger charge is 2.21. The van der Waals surface area contributed by atoms with Crippen molar-refractivity contribution in [1.29, 1.82) is 0 Å². The van der Waals surface area contributed by atoms with Crippen LogP contribution in [-0.4, -0.2) is 23.5 Å². The van der Waals surface area contributed by atoms with E-state index in [0.29, 0.717) is 6.54 Å². The van der Waals surface area contributed by atoms with Crippen molar-refractivity contribution in [3.63, 3.8) is 0 Å². The molecule has 5 nitrogen and oxygen atoms in total. The molecule has 102 valence electrons. The topological polar surface area (TPSA) is 74.0 Å². The van der Waals surface area contributed by atoms with Gasteiger partial charge in [-0.25, -0.2) is 0 Å². The number of aromatic amines is 1. The van der Waals surface area contributed by atoms with Gasteiger partial charge in [0.1, 0.15) is 0 Å². The van der Waals surface area contributed by atoms with Gasteiger partial charge in [0.25, 0.3) is 0 Å². The molecular weight excluding hydrogens is 277 g/mol. The Kier molecular flexibility index (Phi) is 7.66. The highest BCUT2D eigenvalue weighted by molar-refractivity contribution is 5.85. The summed E-state index contributed by atoms with van der Waals surface area (Å²) in [4.78, 5) is 25.0. The first-order chi connectivity index (χ1) is 7.75. The summed E-state index contributed by atoms with van der Waals surface area (Å²) in [5.74, 6) is 0.0312. The molecule has 2 heterocycles. The maximum absolute atomic E-state index is 11.6. The molecule has 18 heavy (non-hydrogen) atoms. The number of pyridine rings is 1. The van der Waals surface area contributed by atoms with Gasteiger partial charge in [-0.2, -0.15) is 0 Å². The minimum absolute atomic E-state index is 0. The predicted molar refractivity (Wildman–Crippen MR) is 74.4 cm³/mol. The van der Waals surface area contributed by atoms with Crippen LogP contribution in [0.1, 0.15) is 18.4 Å². The van der Waals surface area contributed by atoms with Crippen molar-refractivity contribution < 1.29 is 4.79 Å². The van der Waals surface area contributed by atoms with Gasteiger partial charge in [-0.1, -0.05) is 6.07 Å². The Balaban J connectivity index is 0.00000144. The molecule has 2 rings (SSSR count). The van der Waals surface area contributed by atoms with Gasteiger partial charge in [-0.05, 0) is 24.9 Å². The van der Waals surface area contributed by atoms with Crippen LogP contribution in [0.4, 0.5) is 0 Å². The maximum Gasteiger partial charge on any atom is 0.247 e. The summed E-state index contributed by atoms with van der Waals surface area (Å²) in [7, 11) is 0. The van der Waals surface area contributed by atoms with Crippen LogP contribution in [0.15, 0.2) is 23.1 Å². The van der Waals surface area contributed by atoms with Crippen LogP contribution in [0.3, 0.4) is 0 Å². The van der Waals surface area contributed by atoms with Gasteiger partial charge >= 0.3 is 0 Å². The zero-order valence-electron chi connectivity index (χ0n) is 9.77. The van der Waals surface area contributed by atoms with Crippen LogP contribution in [0.2, 0.25) is 0 Å². The first-order valence-corrected chi connectivity index (χ1v) is 5.44. The fraction of sp³-hybridized carbons (Fsp3) is 0.455. The van der Waals surface area contributed by atoms with Crippen molar-refractivity contribution >= 4 is 30.7 Å². The summed E-state index contributed by atoms with van der Waals surface area (Å²) in [5.41, 5.74) is 0.762. The lowest BCUT2D eigenvalue weighted by molar-refractivity contribution is -0.122. The maximum atomic E-state index is 11.6. The van der Waals surface area contributed by atoms with E-state index in [1.165, 1.54) is 6.07 Å². The molecule has 1 atom stereocenters. The second-order valence-electron chi connectivity index (χ2n) is 3.93. The minimum Gasteiger partial charge on any atom is -0.351 e. The van der Waals surface area contributed by atoms with Gasteiger partial charge in [0, 0.05) is 18.8 Å². The summed E-state index contributed by atoms with van der Waals surface area (Å²) >= 11 is 0. The average Bonchev–Trinajstić information content (AvgIpc) is 2.81. The van der Waals surface area contributed by atoms with Gasteiger partial charge in [0.05, 0.1) is 6.04 Å². The number of amides is 1. The summed E-state index contributed by atoms with van der Waals surface area (Å²) in [6.07, 6.45) is 3.57. The van der Waals surface area contributed by atoms with Gasteiger partial charge in [-0.15, -0.1) is 24.8 Å². The lowest BCUT2D eigenvalue weighted by Gasteiger charge is -2.10. The fourth-order valence-electron chi connectivity index (χ4n) is 1.77. The minimum atomic E-state index is -0.132. The summed E-state index contributed by atoms with van der Waals surface area (Å²) in [6, 6.07) is 3.11. The van der Waals surface area contributed by atoms with E-state index in [0.717, 1.165) is 24.9 Å². The molecule has 3 N–H and O–H groups in total. The first kappa shape index (κ1) is 17.0. The molecule has 7 heteroatoms. The molecule has 1 amide bonds. The largest absolute Gasteiger partial charge is 0.351 e. The van der Waals surface area contributed by atoms with Gasteiger partial charge < -0.3 is 15.6 Å². The Morgan fingerprint density at radius 2 is 2.17 bits per heavy atom. The highest BCUT2D eigenvalue weighted by atomic mass is 35.5. The summed E-state index contributed by atoms with van der Waals surface area (Å²) in [5, 5.41) is 5.97. The zero-order chi connectivity index (χ0) is 11.4. The summed E-state index contributed by atoms with van der Waals surface area (Å²) in [6.45, 7) is 1.37. The van der Waals surface area contributed by atoms with Gasteiger partial charge in [0.15, 0.2) is 0 Å². The van der Waals surface area contributed by atoms with E-state index in [1.807, 2.05) is 0 Å². The molecular formula is C11H17Cl2N3O2. The van der Waals surface area contributed by atoms with E-state index in [-0.39, 0.29) is 42.3 Å². The van der Waals surface area contributed by atoms with Crippen LogP contribution in [0.5, 0.6) is 0 Å². The van der Waals surface area contributed by atoms with Crippen LogP contribution >= 0.6 is 24.8 Å². The third-order valence-corrected chi connectivity index (χ3v) is 2.69. The Hall–Kier alpha value is -1.04. The van der Waals surface area contributed by atoms with Crippen molar-refractivity contribution in [2.45, 2.75) is 25.4 Å². The van der Waals surface area contributed by atoms with Crippen molar-refractivity contribution in [2.75, 3.05) is 6.54 Å². The molecule has 0 unspecified atom stereocenters. The third-order valence-electron chi connectivity index (χ3n) is 2.69. The average molecular weight is 294 g/mol. The number of rotatable bonds is 3. The Bertz CT molecular complexity index is 410. The molecule has 1 fully saturated rings. The van der Waals surface area contributed by atoms with E-state index in [1.54, 1.807) is 12.3 Å². The molecule has 1 aromatic heterocycles. The van der Waals surface area contributed by atoms with Crippen LogP contribution in [0, 0.1) is 0 Å². The van der Waals surface area contributed by atoms with Crippen LogP contribution < -0.4 is 16.2 Å². The number of hydrogen-bond acceptors (Lipinski definition) is 3. The normalized spacial score (nSPS) is 17.4. The van der Waals surface area contributed by atoms with Crippen molar-refractivity contribution in [1.82, 2.24) is 15.6 Å². The number of aromatic nitrogens is 1. The molecule has 1 saturated heterocycles. The molecule has 0 bridgehead atoms. The smallest absolute Gasteiger partial charge is 0.247 e. The SMILES string of the molecule is Cl.Cl.O=C(NCc1ccc(=O)[nH]c1)[C@@H]1CCCN1. The quantitative estimate of drug-likeness (QED) is 0.764. The second kappa shape index (κ2) is 8.13. The molecule has 1 aliphatic heterocycles. The van der Waals surface area contributed by atoms with Crippen LogP contribution in [0.25, 0.3) is 0 Å². The van der Waals surface area contributed by atoms with E-state index in [4.69, 9.17) is 0 Å². The fourth-order valence-corrected chi connectivity index (χ4v) is 1.77. The van der Waals surface area contributed by atoms with Gasteiger partial charge in [0.2, 0.25) is 11.5 Å². The Labute approximate surface area is 118 Å². The van der Waals surface area contributed by atoms with E-state index >= 15 is 0 Å². The van der Waals surface area contributed by atoms with Crippen molar-refractivity contribution in [3.8, 4) is 0 Å². The lowest BCUT2D eigenvalue weighted by Crippen LogP contribution is -2.40. The third kappa shape index (κ3) is 4.68. The molecule has 0 aliphatic carbocycles. The predicted octanol–water partition coefficient (Wildman–Crippen LogP) is 0.587. The number of carbonyl (C=O) groups excluding carboxylic acids is 1. The van der Waals surface area contributed by atoms with Crippen molar-refractivity contribution in [2.24, 2.45) is 0 Å².